The molecule has 94 valence electrons. The second-order valence-corrected chi connectivity index (χ2v) is 6.55. The van der Waals surface area contributed by atoms with Crippen molar-refractivity contribution >= 4 is 0 Å². The Hall–Kier alpha value is -0.260. The van der Waals surface area contributed by atoms with E-state index in [-0.39, 0.29) is 0 Å². The van der Waals surface area contributed by atoms with Crippen LogP contribution in [0.15, 0.2) is 12.2 Å². The zero-order valence-electron chi connectivity index (χ0n) is 11.8. The summed E-state index contributed by atoms with van der Waals surface area (Å²) in [6.45, 7) is 13.7. The Morgan fingerprint density at radius 3 is 2.12 bits per heavy atom. The zero-order valence-corrected chi connectivity index (χ0v) is 11.8. The maximum Gasteiger partial charge on any atom is -0.0294 e. The number of allylic oxidation sites excluding steroid dienone is 1. The van der Waals surface area contributed by atoms with Crippen LogP contribution in [0.4, 0.5) is 0 Å². The maximum absolute atomic E-state index is 4.24. The summed E-state index contributed by atoms with van der Waals surface area (Å²) in [6.07, 6.45) is 8.29. The molecule has 0 amide bonds. The smallest absolute Gasteiger partial charge is 0.0294 e. The number of hydrogen-bond acceptors (Lipinski definition) is 0. The molecule has 1 rings (SSSR count). The van der Waals surface area contributed by atoms with Gasteiger partial charge in [-0.3, -0.25) is 0 Å². The van der Waals surface area contributed by atoms with Gasteiger partial charge < -0.3 is 0 Å². The van der Waals surface area contributed by atoms with E-state index >= 15 is 0 Å². The molecule has 0 saturated heterocycles. The van der Waals surface area contributed by atoms with E-state index in [1.165, 1.54) is 44.1 Å². The molecule has 0 spiro atoms. The van der Waals surface area contributed by atoms with Crippen molar-refractivity contribution in [3.05, 3.63) is 12.2 Å². The first-order valence-corrected chi connectivity index (χ1v) is 7.15. The average Bonchev–Trinajstić information content (AvgIpc) is 2.16. The lowest BCUT2D eigenvalue weighted by Gasteiger charge is -2.31. The molecule has 1 unspecified atom stereocenters. The van der Waals surface area contributed by atoms with Gasteiger partial charge in [-0.1, -0.05) is 52.7 Å². The molecule has 0 heterocycles. The Bertz CT molecular complexity index is 206. The van der Waals surface area contributed by atoms with Gasteiger partial charge >= 0.3 is 0 Å². The van der Waals surface area contributed by atoms with Gasteiger partial charge in [-0.2, -0.15) is 0 Å². The van der Waals surface area contributed by atoms with Crippen molar-refractivity contribution in [1.29, 1.82) is 0 Å². The predicted octanol–water partition coefficient (Wildman–Crippen LogP) is 5.44. The van der Waals surface area contributed by atoms with Crippen molar-refractivity contribution in [3.63, 3.8) is 0 Å². The molecule has 1 aliphatic rings. The molecule has 1 saturated carbocycles. The van der Waals surface area contributed by atoms with Crippen LogP contribution in [0, 0.1) is 23.7 Å². The van der Waals surface area contributed by atoms with Gasteiger partial charge in [-0.15, -0.1) is 0 Å². The van der Waals surface area contributed by atoms with Crippen LogP contribution in [-0.2, 0) is 0 Å². The van der Waals surface area contributed by atoms with Gasteiger partial charge in [0, 0.05) is 0 Å². The molecule has 0 N–H and O–H groups in total. The molecule has 0 heteroatoms. The lowest BCUT2D eigenvalue weighted by Crippen LogP contribution is -2.19. The Labute approximate surface area is 103 Å². The predicted molar refractivity (Wildman–Crippen MR) is 73.5 cm³/mol. The van der Waals surface area contributed by atoms with E-state index in [1.807, 2.05) is 0 Å². The number of hydrogen-bond donors (Lipinski definition) is 0. The summed E-state index contributed by atoms with van der Waals surface area (Å²) in [4.78, 5) is 0. The summed E-state index contributed by atoms with van der Waals surface area (Å²) in [5.74, 6) is 3.58. The second-order valence-electron chi connectivity index (χ2n) is 6.55. The monoisotopic (exact) mass is 222 g/mol. The van der Waals surface area contributed by atoms with E-state index in [2.05, 4.69) is 34.3 Å². The van der Waals surface area contributed by atoms with E-state index in [0.717, 1.165) is 23.7 Å². The summed E-state index contributed by atoms with van der Waals surface area (Å²) in [6, 6.07) is 0. The molecular formula is C16H30. The summed E-state index contributed by atoms with van der Waals surface area (Å²) >= 11 is 0. The van der Waals surface area contributed by atoms with Crippen LogP contribution >= 0.6 is 0 Å². The molecule has 1 fully saturated rings. The fraction of sp³-hybridized carbons (Fsp3) is 0.875. The maximum atomic E-state index is 4.24. The Morgan fingerprint density at radius 2 is 1.62 bits per heavy atom. The third-order valence-corrected chi connectivity index (χ3v) is 4.17. The summed E-state index contributed by atoms with van der Waals surface area (Å²) < 4.78 is 0. The quantitative estimate of drug-likeness (QED) is 0.543. The van der Waals surface area contributed by atoms with Gasteiger partial charge in [0.15, 0.2) is 0 Å². The largest absolute Gasteiger partial charge is 0.0998 e. The van der Waals surface area contributed by atoms with Crippen molar-refractivity contribution in [1.82, 2.24) is 0 Å². The molecule has 0 nitrogen and oxygen atoms in total. The minimum absolute atomic E-state index is 0.770. The highest BCUT2D eigenvalue weighted by atomic mass is 14.3. The highest BCUT2D eigenvalue weighted by Gasteiger charge is 2.23. The molecule has 0 radical (unpaired) electrons. The van der Waals surface area contributed by atoms with Crippen LogP contribution in [0.5, 0.6) is 0 Å². The van der Waals surface area contributed by atoms with Gasteiger partial charge in [-0.05, 0) is 49.4 Å². The lowest BCUT2D eigenvalue weighted by atomic mass is 9.75. The minimum Gasteiger partial charge on any atom is -0.0998 e. The highest BCUT2D eigenvalue weighted by Crippen LogP contribution is 2.35. The fourth-order valence-electron chi connectivity index (χ4n) is 3.14. The van der Waals surface area contributed by atoms with Gasteiger partial charge in [0.1, 0.15) is 0 Å². The van der Waals surface area contributed by atoms with Crippen LogP contribution in [0.2, 0.25) is 0 Å². The third-order valence-electron chi connectivity index (χ3n) is 4.17. The molecule has 0 bridgehead atoms. The van der Waals surface area contributed by atoms with Crippen molar-refractivity contribution < 1.29 is 0 Å². The second kappa shape index (κ2) is 6.47. The van der Waals surface area contributed by atoms with Gasteiger partial charge in [0.25, 0.3) is 0 Å². The van der Waals surface area contributed by atoms with E-state index < -0.39 is 0 Å². The van der Waals surface area contributed by atoms with Gasteiger partial charge in [-0.25, -0.2) is 0 Å². The summed E-state index contributed by atoms with van der Waals surface area (Å²) in [5, 5.41) is 0. The van der Waals surface area contributed by atoms with Crippen molar-refractivity contribution in [3.8, 4) is 0 Å². The average molecular weight is 222 g/mol. The van der Waals surface area contributed by atoms with E-state index in [1.54, 1.807) is 0 Å². The van der Waals surface area contributed by atoms with E-state index in [9.17, 15) is 0 Å². The van der Waals surface area contributed by atoms with Crippen molar-refractivity contribution in [2.75, 3.05) is 0 Å². The fourth-order valence-corrected chi connectivity index (χ4v) is 3.14. The van der Waals surface area contributed by atoms with Gasteiger partial charge in [0.2, 0.25) is 0 Å². The van der Waals surface area contributed by atoms with Gasteiger partial charge in [0.05, 0.1) is 0 Å². The molecule has 1 aliphatic carbocycles. The Morgan fingerprint density at radius 1 is 1.06 bits per heavy atom. The van der Waals surface area contributed by atoms with E-state index in [0.29, 0.717) is 0 Å². The highest BCUT2D eigenvalue weighted by molar-refractivity contribution is 4.97. The first kappa shape index (κ1) is 13.8. The molecule has 0 aromatic rings. The summed E-state index contributed by atoms with van der Waals surface area (Å²) in [7, 11) is 0. The van der Waals surface area contributed by atoms with E-state index in [4.69, 9.17) is 0 Å². The molecule has 0 aliphatic heterocycles. The van der Waals surface area contributed by atoms with Crippen LogP contribution in [0.1, 0.15) is 66.2 Å². The Kier molecular flexibility index (Phi) is 5.58. The van der Waals surface area contributed by atoms with Crippen LogP contribution < -0.4 is 0 Å². The van der Waals surface area contributed by atoms with Crippen LogP contribution in [0.25, 0.3) is 0 Å². The number of rotatable bonds is 5. The normalized spacial score (nSPS) is 28.1. The summed E-state index contributed by atoms with van der Waals surface area (Å²) in [5.41, 5.74) is 1.47. The lowest BCUT2D eigenvalue weighted by molar-refractivity contribution is 0.221. The van der Waals surface area contributed by atoms with Crippen molar-refractivity contribution in [2.24, 2.45) is 23.7 Å². The van der Waals surface area contributed by atoms with Crippen LogP contribution in [0.3, 0.4) is 0 Å². The first-order chi connectivity index (χ1) is 7.49. The standard InChI is InChI=1S/C16H30/c1-12(2)10-14(4)11-15(5)16-8-6-13(3)7-9-16/h12-13,15-16H,4,6-11H2,1-3,5H3. The molecule has 16 heavy (non-hydrogen) atoms. The molecular weight excluding hydrogens is 192 g/mol. The molecule has 0 aromatic heterocycles. The first-order valence-electron chi connectivity index (χ1n) is 7.15. The Balaban J connectivity index is 2.29. The third kappa shape index (κ3) is 4.72. The minimum atomic E-state index is 0.770. The zero-order chi connectivity index (χ0) is 12.1. The van der Waals surface area contributed by atoms with Crippen molar-refractivity contribution in [2.45, 2.75) is 66.2 Å². The molecule has 0 aromatic carbocycles. The molecule has 1 atom stereocenters. The SMILES string of the molecule is C=C(CC(C)C)CC(C)C1CCC(C)CC1. The van der Waals surface area contributed by atoms with Crippen LogP contribution in [-0.4, -0.2) is 0 Å². The topological polar surface area (TPSA) is 0 Å².